The van der Waals surface area contributed by atoms with Crippen molar-refractivity contribution < 1.29 is 14.6 Å². The second-order valence-corrected chi connectivity index (χ2v) is 11.2. The quantitative estimate of drug-likeness (QED) is 0.222. The lowest BCUT2D eigenvalue weighted by molar-refractivity contribution is -0.106. The van der Waals surface area contributed by atoms with Crippen LogP contribution < -0.4 is 9.64 Å². The molecule has 2 aliphatic heterocycles. The number of aromatic nitrogens is 1. The van der Waals surface area contributed by atoms with Crippen molar-refractivity contribution in [2.24, 2.45) is 0 Å². The van der Waals surface area contributed by atoms with Gasteiger partial charge in [-0.05, 0) is 99.7 Å². The molecule has 1 unspecified atom stereocenters. The number of carbonyl (C=O) groups excluding carboxylic acids is 1. The minimum absolute atomic E-state index is 0. The molecule has 2 N–H and O–H groups in total. The first-order valence-corrected chi connectivity index (χ1v) is 15.1. The number of phenolic OH excluding ortho intramolecular Hbond substituents is 1. The van der Waals surface area contributed by atoms with E-state index in [-0.39, 0.29) is 13.5 Å². The summed E-state index contributed by atoms with van der Waals surface area (Å²) in [4.78, 5) is 17.6. The van der Waals surface area contributed by atoms with Crippen molar-refractivity contribution in [2.75, 3.05) is 31.1 Å². The van der Waals surface area contributed by atoms with Crippen molar-refractivity contribution in [3.8, 4) is 11.5 Å². The van der Waals surface area contributed by atoms with E-state index in [2.05, 4.69) is 77.2 Å². The molecule has 0 radical (unpaired) electrons. The van der Waals surface area contributed by atoms with Gasteiger partial charge in [-0.15, -0.1) is 0 Å². The molecule has 0 spiro atoms. The summed E-state index contributed by atoms with van der Waals surface area (Å²) in [6, 6.07) is 23.3. The number of anilines is 1. The summed E-state index contributed by atoms with van der Waals surface area (Å²) in [6.07, 6.45) is 6.72. The fraction of sp³-hybridized carbons (Fsp3) is 0.417. The second-order valence-electron chi connectivity index (χ2n) is 11.2. The van der Waals surface area contributed by atoms with Gasteiger partial charge in [0.1, 0.15) is 23.9 Å². The summed E-state index contributed by atoms with van der Waals surface area (Å²) in [6.45, 7) is 10.2. The Hall–Kier alpha value is -3.77. The number of hydrogen-bond acceptors (Lipinski definition) is 5. The molecule has 1 atom stereocenters. The molecule has 6 rings (SSSR count). The maximum atomic E-state index is 10.2. The van der Waals surface area contributed by atoms with Gasteiger partial charge in [-0.1, -0.05) is 50.6 Å². The lowest BCUT2D eigenvalue weighted by atomic mass is 9.91. The number of H-pyrrole nitrogens is 1. The highest BCUT2D eigenvalue weighted by Gasteiger charge is 2.32. The van der Waals surface area contributed by atoms with Crippen LogP contribution >= 0.6 is 0 Å². The smallest absolute Gasteiger partial charge is 0.119 e. The maximum Gasteiger partial charge on any atom is 0.119 e. The Bertz CT molecular complexity index is 1420. The average molecular weight is 570 g/mol. The van der Waals surface area contributed by atoms with E-state index < -0.39 is 0 Å². The summed E-state index contributed by atoms with van der Waals surface area (Å²) in [7, 11) is 0. The number of benzene rings is 3. The largest absolute Gasteiger partial charge is 0.508 e. The van der Waals surface area contributed by atoms with Crippen LogP contribution in [0, 0.1) is 6.92 Å². The first-order chi connectivity index (χ1) is 20.0. The molecule has 1 saturated heterocycles. The highest BCUT2D eigenvalue weighted by atomic mass is 16.5. The van der Waals surface area contributed by atoms with E-state index in [1.54, 1.807) is 6.07 Å². The number of piperidine rings is 1. The summed E-state index contributed by atoms with van der Waals surface area (Å²) >= 11 is 0. The van der Waals surface area contributed by atoms with Crippen molar-refractivity contribution >= 4 is 22.9 Å². The zero-order chi connectivity index (χ0) is 28.8. The van der Waals surface area contributed by atoms with Gasteiger partial charge >= 0.3 is 0 Å². The van der Waals surface area contributed by atoms with Crippen molar-refractivity contribution in [3.05, 3.63) is 89.1 Å². The lowest BCUT2D eigenvalue weighted by Gasteiger charge is -2.38. The number of phenols is 1. The van der Waals surface area contributed by atoms with Crippen molar-refractivity contribution in [3.63, 3.8) is 0 Å². The Balaban J connectivity index is 0.000000972. The third-order valence-corrected chi connectivity index (χ3v) is 8.34. The van der Waals surface area contributed by atoms with Crippen LogP contribution in [0.3, 0.4) is 0 Å². The third-order valence-electron chi connectivity index (χ3n) is 8.34. The van der Waals surface area contributed by atoms with Crippen LogP contribution in [0.25, 0.3) is 10.9 Å². The minimum atomic E-state index is 0. The SMILES string of the molecule is C.CC=O.CCCCN1CCC(Oc2ccc(C3c4[nH]c5ccc(O)cc5c4CCN3c3ccc(C)cc3)cc2)CC1. The molecule has 3 heterocycles. The Morgan fingerprint density at radius 2 is 1.69 bits per heavy atom. The van der Waals surface area contributed by atoms with Crippen molar-refractivity contribution in [1.82, 2.24) is 9.88 Å². The number of fused-ring (bicyclic) bond motifs is 3. The number of aromatic amines is 1. The van der Waals surface area contributed by atoms with Gasteiger partial charge in [0.05, 0.1) is 6.04 Å². The third kappa shape index (κ3) is 6.99. The minimum Gasteiger partial charge on any atom is -0.508 e. The van der Waals surface area contributed by atoms with Crippen molar-refractivity contribution in [1.29, 1.82) is 0 Å². The normalized spacial score (nSPS) is 17.1. The Morgan fingerprint density at radius 1 is 1.00 bits per heavy atom. The van der Waals surface area contributed by atoms with Gasteiger partial charge in [-0.3, -0.25) is 0 Å². The average Bonchev–Trinajstić information content (AvgIpc) is 3.35. The highest BCUT2D eigenvalue weighted by Crippen LogP contribution is 2.41. The summed E-state index contributed by atoms with van der Waals surface area (Å²) in [5.74, 6) is 1.27. The molecular formula is C36H47N3O3. The number of nitrogens with one attached hydrogen (secondary N) is 1. The first kappa shape index (κ1) is 31.2. The lowest BCUT2D eigenvalue weighted by Crippen LogP contribution is -2.38. The first-order valence-electron chi connectivity index (χ1n) is 15.1. The van der Waals surface area contributed by atoms with Gasteiger partial charge < -0.3 is 29.4 Å². The number of ether oxygens (including phenoxy) is 1. The molecule has 2 aliphatic rings. The number of nitrogens with zero attached hydrogens (tertiary/aromatic N) is 2. The molecule has 1 fully saturated rings. The van der Waals surface area contributed by atoms with E-state index in [1.807, 2.05) is 12.1 Å². The number of carbonyl (C=O) groups is 1. The summed E-state index contributed by atoms with van der Waals surface area (Å²) in [5, 5.41) is 11.3. The number of aldehydes is 1. The van der Waals surface area contributed by atoms with Crippen LogP contribution in [-0.4, -0.2) is 53.6 Å². The number of likely N-dealkylation sites (tertiary alicyclic amines) is 1. The van der Waals surface area contributed by atoms with E-state index in [0.29, 0.717) is 11.9 Å². The van der Waals surface area contributed by atoms with E-state index in [0.717, 1.165) is 61.8 Å². The Kier molecular flexibility index (Phi) is 10.7. The Labute approximate surface area is 251 Å². The van der Waals surface area contributed by atoms with Gasteiger partial charge in [-0.2, -0.15) is 0 Å². The Morgan fingerprint density at radius 3 is 2.36 bits per heavy atom. The molecule has 42 heavy (non-hydrogen) atoms. The van der Waals surface area contributed by atoms with E-state index in [1.165, 1.54) is 54.4 Å². The number of aryl methyl sites for hydroxylation is 1. The molecule has 0 aliphatic carbocycles. The molecule has 3 aromatic carbocycles. The molecule has 0 bridgehead atoms. The zero-order valence-electron chi connectivity index (χ0n) is 24.6. The van der Waals surface area contributed by atoms with Crippen LogP contribution in [0.15, 0.2) is 66.7 Å². The molecule has 4 aromatic rings. The monoisotopic (exact) mass is 569 g/mol. The molecule has 6 heteroatoms. The van der Waals surface area contributed by atoms with Crippen molar-refractivity contribution in [2.45, 2.75) is 72.4 Å². The highest BCUT2D eigenvalue weighted by molar-refractivity contribution is 5.87. The summed E-state index contributed by atoms with van der Waals surface area (Å²) in [5.41, 5.74) is 7.33. The fourth-order valence-electron chi connectivity index (χ4n) is 6.19. The predicted octanol–water partition coefficient (Wildman–Crippen LogP) is 7.82. The predicted molar refractivity (Wildman–Crippen MR) is 174 cm³/mol. The van der Waals surface area contributed by atoms with Crippen LogP contribution in [0.5, 0.6) is 11.5 Å². The second kappa shape index (κ2) is 14.4. The standard InChI is InChI=1S/C33H39N3O2.C2H4O.CH4/c1-3-4-18-35-19-15-28(16-20-35)38-27-12-7-24(8-13-27)33-32-29(30-22-26(37)11-14-31(30)34-32)17-21-36(33)25-9-5-23(2)6-10-25;1-2-3;/h5-14,22,28,33-34,37H,3-4,15-21H2,1-2H3;2H,1H3;1H4. The van der Waals surface area contributed by atoms with Gasteiger partial charge in [0.15, 0.2) is 0 Å². The van der Waals surface area contributed by atoms with Crippen LogP contribution in [0.4, 0.5) is 5.69 Å². The van der Waals surface area contributed by atoms with Gasteiger partial charge in [0.25, 0.3) is 0 Å². The van der Waals surface area contributed by atoms with Gasteiger partial charge in [0.2, 0.25) is 0 Å². The van der Waals surface area contributed by atoms with Gasteiger partial charge in [0, 0.05) is 41.9 Å². The topological polar surface area (TPSA) is 68.8 Å². The molecule has 224 valence electrons. The maximum absolute atomic E-state index is 10.2. The molecular weight excluding hydrogens is 522 g/mol. The van der Waals surface area contributed by atoms with Crippen LogP contribution in [0.2, 0.25) is 0 Å². The molecule has 0 amide bonds. The van der Waals surface area contributed by atoms with Crippen LogP contribution in [-0.2, 0) is 11.2 Å². The molecule has 6 nitrogen and oxygen atoms in total. The number of rotatable bonds is 7. The van der Waals surface area contributed by atoms with Crippen LogP contribution in [0.1, 0.15) is 75.4 Å². The number of aromatic hydroxyl groups is 1. The molecule has 1 aromatic heterocycles. The summed E-state index contributed by atoms with van der Waals surface area (Å²) < 4.78 is 6.43. The number of unbranched alkanes of at least 4 members (excludes halogenated alkanes) is 1. The van der Waals surface area contributed by atoms with E-state index >= 15 is 0 Å². The van der Waals surface area contributed by atoms with E-state index in [9.17, 15) is 5.11 Å². The molecule has 0 saturated carbocycles. The number of hydrogen-bond donors (Lipinski definition) is 2. The fourth-order valence-corrected chi connectivity index (χ4v) is 6.19. The van der Waals surface area contributed by atoms with E-state index in [4.69, 9.17) is 9.53 Å². The van der Waals surface area contributed by atoms with Gasteiger partial charge in [-0.25, -0.2) is 0 Å². The zero-order valence-corrected chi connectivity index (χ0v) is 24.6.